The molecule has 1 N–H and O–H groups in total. The van der Waals surface area contributed by atoms with Crippen molar-refractivity contribution in [2.24, 2.45) is 0 Å². The Morgan fingerprint density at radius 3 is 2.19 bits per heavy atom. The number of piperidine rings is 1. The molecule has 0 saturated carbocycles. The van der Waals surface area contributed by atoms with Crippen LogP contribution in [0.4, 0.5) is 0 Å². The number of rotatable bonds is 5. The van der Waals surface area contributed by atoms with Crippen molar-refractivity contribution in [2.75, 3.05) is 19.3 Å². The van der Waals surface area contributed by atoms with Crippen LogP contribution in [0.3, 0.4) is 0 Å². The zero-order valence-corrected chi connectivity index (χ0v) is 13.5. The zero-order chi connectivity index (χ0) is 15.5. The largest absolute Gasteiger partial charge is 0.216 e. The highest BCUT2D eigenvalue weighted by Crippen LogP contribution is 2.15. The first-order valence-corrected chi connectivity index (χ1v) is 10.3. The maximum absolute atomic E-state index is 12.1. The monoisotopic (exact) mass is 332 g/mol. The van der Waals surface area contributed by atoms with E-state index in [1.165, 1.54) is 10.6 Å². The predicted molar refractivity (Wildman–Crippen MR) is 81.6 cm³/mol. The number of sulfonamides is 2. The lowest BCUT2D eigenvalue weighted by molar-refractivity contribution is 0.310. The fourth-order valence-corrected chi connectivity index (χ4v) is 4.73. The van der Waals surface area contributed by atoms with Crippen LogP contribution in [0.25, 0.3) is 0 Å². The lowest BCUT2D eigenvalue weighted by atomic mass is 10.1. The Kier molecular flexibility index (Phi) is 5.03. The van der Waals surface area contributed by atoms with E-state index in [9.17, 15) is 16.8 Å². The summed E-state index contributed by atoms with van der Waals surface area (Å²) in [6.45, 7) is 0.717. The first-order chi connectivity index (χ1) is 9.76. The Labute approximate surface area is 126 Å². The average Bonchev–Trinajstić information content (AvgIpc) is 2.38. The molecule has 0 aromatic heterocycles. The number of hydrogen-bond donors (Lipinski definition) is 1. The van der Waals surface area contributed by atoms with Crippen molar-refractivity contribution < 1.29 is 16.8 Å². The Bertz CT molecular complexity index is 663. The van der Waals surface area contributed by atoms with Gasteiger partial charge in [-0.15, -0.1) is 0 Å². The topological polar surface area (TPSA) is 83.6 Å². The van der Waals surface area contributed by atoms with Crippen molar-refractivity contribution >= 4 is 20.0 Å². The van der Waals surface area contributed by atoms with E-state index >= 15 is 0 Å². The van der Waals surface area contributed by atoms with Gasteiger partial charge in [0.25, 0.3) is 0 Å². The normalized spacial score (nSPS) is 18.7. The molecular formula is C13H20N2O4S2. The smallest absolute Gasteiger partial charge is 0.213 e. The van der Waals surface area contributed by atoms with Crippen LogP contribution in [0.1, 0.15) is 18.4 Å². The van der Waals surface area contributed by atoms with E-state index in [0.717, 1.165) is 5.56 Å². The summed E-state index contributed by atoms with van der Waals surface area (Å²) in [6, 6.07) is 8.78. The molecule has 1 heterocycles. The van der Waals surface area contributed by atoms with Crippen LogP contribution in [-0.2, 0) is 25.8 Å². The van der Waals surface area contributed by atoms with Crippen molar-refractivity contribution in [3.05, 3.63) is 35.9 Å². The van der Waals surface area contributed by atoms with Gasteiger partial charge >= 0.3 is 0 Å². The van der Waals surface area contributed by atoms with Gasteiger partial charge in [-0.2, -0.15) is 0 Å². The molecule has 6 nitrogen and oxygen atoms in total. The van der Waals surface area contributed by atoms with Gasteiger partial charge in [0.15, 0.2) is 0 Å². The van der Waals surface area contributed by atoms with Crippen LogP contribution < -0.4 is 4.72 Å². The van der Waals surface area contributed by atoms with Crippen LogP contribution in [0.15, 0.2) is 30.3 Å². The number of benzene rings is 1. The molecule has 118 valence electrons. The Morgan fingerprint density at radius 1 is 1.10 bits per heavy atom. The Balaban J connectivity index is 1.91. The molecule has 0 atom stereocenters. The summed E-state index contributed by atoms with van der Waals surface area (Å²) >= 11 is 0. The first kappa shape index (κ1) is 16.4. The molecule has 1 aromatic rings. The van der Waals surface area contributed by atoms with Gasteiger partial charge in [0.1, 0.15) is 0 Å². The summed E-state index contributed by atoms with van der Waals surface area (Å²) < 4.78 is 51.1. The van der Waals surface area contributed by atoms with Gasteiger partial charge in [0, 0.05) is 19.1 Å². The van der Waals surface area contributed by atoms with Crippen molar-refractivity contribution in [1.82, 2.24) is 9.03 Å². The minimum absolute atomic E-state index is 0.0554. The molecule has 1 aliphatic rings. The van der Waals surface area contributed by atoms with Gasteiger partial charge < -0.3 is 0 Å². The van der Waals surface area contributed by atoms with E-state index < -0.39 is 20.0 Å². The third-order valence-electron chi connectivity index (χ3n) is 3.47. The quantitative estimate of drug-likeness (QED) is 0.852. The fraction of sp³-hybridized carbons (Fsp3) is 0.538. The summed E-state index contributed by atoms with van der Waals surface area (Å²) in [4.78, 5) is 0. The highest BCUT2D eigenvalue weighted by molar-refractivity contribution is 7.88. The number of nitrogens with one attached hydrogen (secondary N) is 1. The standard InChI is InChI=1S/C13H20N2O4S2/c1-20(16,17)15-9-7-13(8-10-15)14-21(18,19)11-12-5-3-2-4-6-12/h2-6,13-14H,7-11H2,1H3. The van der Waals surface area contributed by atoms with Gasteiger partial charge in [0.2, 0.25) is 20.0 Å². The number of hydrogen-bond acceptors (Lipinski definition) is 4. The van der Waals surface area contributed by atoms with E-state index in [-0.39, 0.29) is 11.8 Å². The van der Waals surface area contributed by atoms with E-state index in [2.05, 4.69) is 4.72 Å². The molecule has 1 fully saturated rings. The van der Waals surface area contributed by atoms with E-state index in [1.807, 2.05) is 6.07 Å². The zero-order valence-electron chi connectivity index (χ0n) is 11.9. The molecule has 2 rings (SSSR count). The summed E-state index contributed by atoms with van der Waals surface area (Å²) in [5.41, 5.74) is 0.735. The minimum atomic E-state index is -3.41. The van der Waals surface area contributed by atoms with Crippen LogP contribution in [0.5, 0.6) is 0 Å². The Morgan fingerprint density at radius 2 is 1.67 bits per heavy atom. The third kappa shape index (κ3) is 5.06. The molecule has 0 aliphatic carbocycles. The highest BCUT2D eigenvalue weighted by Gasteiger charge is 2.27. The molecule has 1 saturated heterocycles. The van der Waals surface area contributed by atoms with Crippen molar-refractivity contribution in [1.29, 1.82) is 0 Å². The molecule has 8 heteroatoms. The van der Waals surface area contributed by atoms with E-state index in [1.54, 1.807) is 24.3 Å². The molecule has 0 radical (unpaired) electrons. The first-order valence-electron chi connectivity index (χ1n) is 6.75. The van der Waals surface area contributed by atoms with Gasteiger partial charge in [-0.3, -0.25) is 0 Å². The fourth-order valence-electron chi connectivity index (χ4n) is 2.39. The lowest BCUT2D eigenvalue weighted by Gasteiger charge is -2.30. The molecule has 1 aliphatic heterocycles. The second-order valence-electron chi connectivity index (χ2n) is 5.30. The maximum Gasteiger partial charge on any atom is 0.216 e. The average molecular weight is 332 g/mol. The SMILES string of the molecule is CS(=O)(=O)N1CCC(NS(=O)(=O)Cc2ccccc2)CC1. The molecule has 0 amide bonds. The van der Waals surface area contributed by atoms with Gasteiger partial charge in [0.05, 0.1) is 12.0 Å². The van der Waals surface area contributed by atoms with Gasteiger partial charge in [-0.1, -0.05) is 30.3 Å². The third-order valence-corrected chi connectivity index (χ3v) is 6.18. The van der Waals surface area contributed by atoms with Gasteiger partial charge in [-0.25, -0.2) is 25.9 Å². The Hall–Kier alpha value is -0.960. The second kappa shape index (κ2) is 6.43. The second-order valence-corrected chi connectivity index (χ2v) is 9.04. The van der Waals surface area contributed by atoms with Crippen LogP contribution in [0, 0.1) is 0 Å². The lowest BCUT2D eigenvalue weighted by Crippen LogP contribution is -2.46. The van der Waals surface area contributed by atoms with E-state index in [4.69, 9.17) is 0 Å². The predicted octanol–water partition coefficient (Wildman–Crippen LogP) is 0.530. The van der Waals surface area contributed by atoms with Crippen molar-refractivity contribution in [2.45, 2.75) is 24.6 Å². The molecule has 21 heavy (non-hydrogen) atoms. The summed E-state index contributed by atoms with van der Waals surface area (Å²) in [5.74, 6) is -0.0554. The summed E-state index contributed by atoms with van der Waals surface area (Å²) in [5, 5.41) is 0. The maximum atomic E-state index is 12.1. The molecule has 0 spiro atoms. The molecule has 0 unspecified atom stereocenters. The molecule has 0 bridgehead atoms. The molecule has 1 aromatic carbocycles. The summed E-state index contributed by atoms with van der Waals surface area (Å²) in [6.07, 6.45) is 2.18. The van der Waals surface area contributed by atoms with Crippen LogP contribution in [-0.4, -0.2) is 46.5 Å². The highest BCUT2D eigenvalue weighted by atomic mass is 32.2. The minimum Gasteiger partial charge on any atom is -0.213 e. The van der Waals surface area contributed by atoms with Crippen LogP contribution >= 0.6 is 0 Å². The number of nitrogens with zero attached hydrogens (tertiary/aromatic N) is 1. The van der Waals surface area contributed by atoms with E-state index in [0.29, 0.717) is 25.9 Å². The summed E-state index contributed by atoms with van der Waals surface area (Å²) in [7, 11) is -6.59. The van der Waals surface area contributed by atoms with Crippen molar-refractivity contribution in [3.8, 4) is 0 Å². The molecular weight excluding hydrogens is 312 g/mol. The van der Waals surface area contributed by atoms with Crippen molar-refractivity contribution in [3.63, 3.8) is 0 Å². The van der Waals surface area contributed by atoms with Gasteiger partial charge in [-0.05, 0) is 18.4 Å². The van der Waals surface area contributed by atoms with Crippen LogP contribution in [0.2, 0.25) is 0 Å².